The summed E-state index contributed by atoms with van der Waals surface area (Å²) in [7, 11) is 0. The molecule has 86 valence electrons. The van der Waals surface area contributed by atoms with Crippen LogP contribution in [0.3, 0.4) is 0 Å². The molecule has 2 heteroatoms. The molecule has 0 spiro atoms. The molecule has 0 saturated carbocycles. The van der Waals surface area contributed by atoms with Gasteiger partial charge in [0, 0.05) is 13.1 Å². The average molecular weight is 209 g/mol. The smallest absolute Gasteiger partial charge is 0.229 e. The van der Waals surface area contributed by atoms with Gasteiger partial charge in [0.15, 0.2) is 0 Å². The summed E-state index contributed by atoms with van der Waals surface area (Å²) in [5.74, 6) is 0.461. The van der Waals surface area contributed by atoms with E-state index in [9.17, 15) is 4.79 Å². The molecule has 0 aromatic carbocycles. The number of carbonyl (C=O) groups is 1. The minimum Gasteiger partial charge on any atom is -0.343 e. The van der Waals surface area contributed by atoms with Crippen molar-refractivity contribution in [2.45, 2.75) is 46.0 Å². The molecule has 1 aliphatic rings. The van der Waals surface area contributed by atoms with Crippen LogP contribution in [-0.2, 0) is 4.79 Å². The molecule has 0 bridgehead atoms. The van der Waals surface area contributed by atoms with E-state index in [1.807, 2.05) is 18.7 Å². The monoisotopic (exact) mass is 209 g/mol. The minimum atomic E-state index is 0.144. The maximum Gasteiger partial charge on any atom is 0.229 e. The van der Waals surface area contributed by atoms with E-state index in [1.54, 1.807) is 0 Å². The van der Waals surface area contributed by atoms with Gasteiger partial charge in [0.25, 0.3) is 0 Å². The molecule has 0 saturated heterocycles. The molecular weight excluding hydrogens is 186 g/mol. The fourth-order valence-corrected chi connectivity index (χ4v) is 2.14. The lowest BCUT2D eigenvalue weighted by Gasteiger charge is -2.24. The Morgan fingerprint density at radius 1 is 1.27 bits per heavy atom. The van der Waals surface area contributed by atoms with E-state index in [0.29, 0.717) is 5.91 Å². The lowest BCUT2D eigenvalue weighted by molar-refractivity contribution is -0.133. The zero-order valence-corrected chi connectivity index (χ0v) is 10.0. The van der Waals surface area contributed by atoms with Crippen molar-refractivity contribution in [2.24, 2.45) is 5.92 Å². The highest BCUT2D eigenvalue weighted by Crippen LogP contribution is 2.18. The Labute approximate surface area is 93.3 Å². The average Bonchev–Trinajstić information content (AvgIpc) is 2.18. The van der Waals surface area contributed by atoms with Gasteiger partial charge in [0.2, 0.25) is 5.91 Å². The zero-order chi connectivity index (χ0) is 11.1. The minimum absolute atomic E-state index is 0.144. The molecule has 0 aromatic heterocycles. The molecule has 0 heterocycles. The number of nitrogens with zero attached hydrogens (tertiary/aromatic N) is 1. The highest BCUT2D eigenvalue weighted by molar-refractivity contribution is 5.80. The number of amides is 1. The number of hydrogen-bond acceptors (Lipinski definition) is 1. The highest BCUT2D eigenvalue weighted by atomic mass is 16.2. The lowest BCUT2D eigenvalue weighted by atomic mass is 9.95. The molecule has 1 aliphatic carbocycles. The predicted octanol–water partition coefficient (Wildman–Crippen LogP) is 2.99. The summed E-state index contributed by atoms with van der Waals surface area (Å²) in [4.78, 5) is 14.0. The third-order valence-corrected chi connectivity index (χ3v) is 3.15. The fourth-order valence-electron chi connectivity index (χ4n) is 2.14. The molecule has 1 rings (SSSR count). The van der Waals surface area contributed by atoms with E-state index in [2.05, 4.69) is 12.2 Å². The van der Waals surface area contributed by atoms with Crippen LogP contribution in [0, 0.1) is 5.92 Å². The van der Waals surface area contributed by atoms with E-state index in [1.165, 1.54) is 19.3 Å². The van der Waals surface area contributed by atoms with Gasteiger partial charge in [-0.25, -0.2) is 0 Å². The van der Waals surface area contributed by atoms with Crippen molar-refractivity contribution in [3.8, 4) is 0 Å². The first-order valence-electron chi connectivity index (χ1n) is 6.25. The molecule has 15 heavy (non-hydrogen) atoms. The van der Waals surface area contributed by atoms with E-state index in [4.69, 9.17) is 0 Å². The second-order valence-corrected chi connectivity index (χ2v) is 4.18. The first-order chi connectivity index (χ1) is 7.29. The van der Waals surface area contributed by atoms with Crippen LogP contribution in [0.25, 0.3) is 0 Å². The maximum absolute atomic E-state index is 12.1. The molecule has 0 aromatic rings. The van der Waals surface area contributed by atoms with Gasteiger partial charge < -0.3 is 4.90 Å². The van der Waals surface area contributed by atoms with E-state index in [0.717, 1.165) is 25.9 Å². The van der Waals surface area contributed by atoms with Crippen molar-refractivity contribution >= 4 is 5.91 Å². The topological polar surface area (TPSA) is 20.3 Å². The Kier molecular flexibility index (Phi) is 5.44. The number of hydrogen-bond donors (Lipinski definition) is 0. The first-order valence-corrected chi connectivity index (χ1v) is 6.25. The Bertz CT molecular complexity index is 219. The zero-order valence-electron chi connectivity index (χ0n) is 10.0. The fraction of sp³-hybridized carbons (Fsp3) is 0.769. The van der Waals surface area contributed by atoms with Gasteiger partial charge in [-0.2, -0.15) is 0 Å². The first kappa shape index (κ1) is 12.3. The van der Waals surface area contributed by atoms with E-state index in [-0.39, 0.29) is 5.92 Å². The van der Waals surface area contributed by atoms with Crippen LogP contribution < -0.4 is 0 Å². The number of rotatable bonds is 3. The van der Waals surface area contributed by atoms with Gasteiger partial charge in [-0.1, -0.05) is 25.0 Å². The SMILES string of the molecule is CCN(CC)C(=O)C1/C=C\CCCCC1. The second kappa shape index (κ2) is 6.65. The standard InChI is InChI=1S/C13H23NO/c1-3-14(4-2)13(15)12-10-8-6-5-7-9-11-12/h8,10,12H,3-7,9,11H2,1-2H3/b10-8-. The third-order valence-electron chi connectivity index (χ3n) is 3.15. The van der Waals surface area contributed by atoms with Gasteiger partial charge in [0.1, 0.15) is 0 Å². The Hall–Kier alpha value is -0.790. The van der Waals surface area contributed by atoms with Gasteiger partial charge in [-0.3, -0.25) is 4.79 Å². The van der Waals surface area contributed by atoms with Crippen LogP contribution in [0.1, 0.15) is 46.0 Å². The quantitative estimate of drug-likeness (QED) is 0.654. The van der Waals surface area contributed by atoms with Crippen molar-refractivity contribution in [1.29, 1.82) is 0 Å². The molecule has 2 nitrogen and oxygen atoms in total. The summed E-state index contributed by atoms with van der Waals surface area (Å²) < 4.78 is 0. The summed E-state index contributed by atoms with van der Waals surface area (Å²) >= 11 is 0. The van der Waals surface area contributed by atoms with Crippen LogP contribution in [0.2, 0.25) is 0 Å². The Morgan fingerprint density at radius 2 is 2.00 bits per heavy atom. The summed E-state index contributed by atoms with van der Waals surface area (Å²) in [6, 6.07) is 0. The van der Waals surface area contributed by atoms with Gasteiger partial charge in [0.05, 0.1) is 5.92 Å². The molecule has 1 unspecified atom stereocenters. The van der Waals surface area contributed by atoms with Crippen LogP contribution in [0.4, 0.5) is 0 Å². The van der Waals surface area contributed by atoms with Crippen molar-refractivity contribution in [3.05, 3.63) is 12.2 Å². The Morgan fingerprint density at radius 3 is 2.67 bits per heavy atom. The van der Waals surface area contributed by atoms with Gasteiger partial charge in [-0.15, -0.1) is 0 Å². The van der Waals surface area contributed by atoms with Crippen LogP contribution in [0.5, 0.6) is 0 Å². The largest absolute Gasteiger partial charge is 0.343 e. The van der Waals surface area contributed by atoms with Crippen LogP contribution >= 0.6 is 0 Å². The maximum atomic E-state index is 12.1. The molecule has 0 aliphatic heterocycles. The summed E-state index contributed by atoms with van der Waals surface area (Å²) in [6.45, 7) is 5.77. The number of allylic oxidation sites excluding steroid dienone is 1. The highest BCUT2D eigenvalue weighted by Gasteiger charge is 2.20. The van der Waals surface area contributed by atoms with E-state index < -0.39 is 0 Å². The van der Waals surface area contributed by atoms with Gasteiger partial charge in [-0.05, 0) is 33.1 Å². The van der Waals surface area contributed by atoms with Crippen molar-refractivity contribution in [3.63, 3.8) is 0 Å². The summed E-state index contributed by atoms with van der Waals surface area (Å²) in [5, 5.41) is 0. The lowest BCUT2D eigenvalue weighted by Crippen LogP contribution is -2.35. The van der Waals surface area contributed by atoms with Crippen molar-refractivity contribution in [1.82, 2.24) is 4.90 Å². The van der Waals surface area contributed by atoms with Crippen LogP contribution in [0.15, 0.2) is 12.2 Å². The van der Waals surface area contributed by atoms with Crippen molar-refractivity contribution < 1.29 is 4.79 Å². The molecule has 0 radical (unpaired) electrons. The summed E-state index contributed by atoms with van der Waals surface area (Å²) in [5.41, 5.74) is 0. The normalized spacial score (nSPS) is 24.0. The molecule has 1 atom stereocenters. The molecular formula is C13H23NO. The molecule has 1 amide bonds. The van der Waals surface area contributed by atoms with Crippen LogP contribution in [-0.4, -0.2) is 23.9 Å². The van der Waals surface area contributed by atoms with Gasteiger partial charge >= 0.3 is 0 Å². The molecule has 0 fully saturated rings. The second-order valence-electron chi connectivity index (χ2n) is 4.18. The Balaban J connectivity index is 2.58. The number of carbonyl (C=O) groups excluding carboxylic acids is 1. The third kappa shape index (κ3) is 3.69. The summed E-state index contributed by atoms with van der Waals surface area (Å²) in [6.07, 6.45) is 10.2. The predicted molar refractivity (Wildman–Crippen MR) is 63.6 cm³/mol. The van der Waals surface area contributed by atoms with E-state index >= 15 is 0 Å². The van der Waals surface area contributed by atoms with Crippen molar-refractivity contribution in [2.75, 3.05) is 13.1 Å². The molecule has 0 N–H and O–H groups in total.